The van der Waals surface area contributed by atoms with E-state index in [9.17, 15) is 13.2 Å². The van der Waals surface area contributed by atoms with Crippen molar-refractivity contribution >= 4 is 15.9 Å². The molecule has 2 heterocycles. The van der Waals surface area contributed by atoms with Crippen LogP contribution in [0.15, 0.2) is 23.1 Å². The van der Waals surface area contributed by atoms with E-state index >= 15 is 0 Å². The fraction of sp³-hybridized carbons (Fsp3) is 0.682. The van der Waals surface area contributed by atoms with Crippen molar-refractivity contribution in [3.8, 4) is 5.75 Å². The first-order valence-corrected chi connectivity index (χ1v) is 12.9. The molecule has 3 fully saturated rings. The highest BCUT2D eigenvalue weighted by molar-refractivity contribution is 7.89. The molecular weight excluding hydrogens is 432 g/mol. The fourth-order valence-corrected chi connectivity index (χ4v) is 6.47. The molecule has 178 valence electrons. The van der Waals surface area contributed by atoms with E-state index in [-0.39, 0.29) is 22.9 Å². The number of hydrogen-bond donors (Lipinski definition) is 2. The van der Waals surface area contributed by atoms with E-state index in [1.165, 1.54) is 30.7 Å². The van der Waals surface area contributed by atoms with E-state index in [1.54, 1.807) is 12.1 Å². The first kappa shape index (κ1) is 23.4. The number of benzene rings is 1. The van der Waals surface area contributed by atoms with Crippen LogP contribution in [0.3, 0.4) is 0 Å². The number of likely N-dealkylation sites (N-methyl/N-ethyl adjacent to an activating group) is 1. The number of rotatable bonds is 6. The molecule has 1 aromatic rings. The number of nitrogens with one attached hydrogen (secondary N) is 2. The number of morpholine rings is 1. The zero-order valence-corrected chi connectivity index (χ0v) is 19.7. The second-order valence-electron chi connectivity index (χ2n) is 8.80. The van der Waals surface area contributed by atoms with Crippen molar-refractivity contribution in [1.82, 2.24) is 20.1 Å². The lowest BCUT2D eigenvalue weighted by molar-refractivity contribution is -0.134. The predicted octanol–water partition coefficient (Wildman–Crippen LogP) is 1.41. The van der Waals surface area contributed by atoms with Gasteiger partial charge in [0.2, 0.25) is 15.9 Å². The van der Waals surface area contributed by atoms with E-state index in [4.69, 9.17) is 9.47 Å². The Bertz CT molecular complexity index is 913. The van der Waals surface area contributed by atoms with Gasteiger partial charge in [0.1, 0.15) is 16.7 Å². The normalized spacial score (nSPS) is 25.6. The number of nitrogens with zero attached hydrogens (tertiary/aromatic N) is 2. The molecule has 10 heteroatoms. The summed E-state index contributed by atoms with van der Waals surface area (Å²) < 4.78 is 38.6. The zero-order valence-electron chi connectivity index (χ0n) is 18.9. The molecule has 2 unspecified atom stereocenters. The number of hydrogen-bond acceptors (Lipinski definition) is 7. The van der Waals surface area contributed by atoms with Gasteiger partial charge < -0.3 is 14.4 Å². The van der Waals surface area contributed by atoms with Crippen molar-refractivity contribution in [3.05, 3.63) is 23.8 Å². The van der Waals surface area contributed by atoms with Crippen LogP contribution in [0.2, 0.25) is 0 Å². The molecule has 9 nitrogen and oxygen atoms in total. The van der Waals surface area contributed by atoms with Gasteiger partial charge >= 0.3 is 0 Å². The maximum absolute atomic E-state index is 13.3. The summed E-state index contributed by atoms with van der Waals surface area (Å²) >= 11 is 0. The maximum atomic E-state index is 13.3. The smallest absolute Gasteiger partial charge is 0.246 e. The molecule has 1 amide bonds. The number of methoxy groups -OCH3 is 1. The Morgan fingerprint density at radius 1 is 1.16 bits per heavy atom. The Balaban J connectivity index is 1.49. The number of carbonyl (C=O) groups is 1. The zero-order chi connectivity index (χ0) is 22.7. The first-order valence-electron chi connectivity index (χ1n) is 11.5. The highest BCUT2D eigenvalue weighted by Crippen LogP contribution is 2.33. The summed E-state index contributed by atoms with van der Waals surface area (Å²) in [5.41, 5.74) is 7.12. The van der Waals surface area contributed by atoms with Gasteiger partial charge in [0, 0.05) is 32.2 Å². The SMILES string of the molecule is COc1ccc(C2CC(C(=O)N(C)C3CCCCC3)NN2)cc1S(=O)(=O)N1CCOCC1. The number of amides is 1. The van der Waals surface area contributed by atoms with Crippen LogP contribution in [0.25, 0.3) is 0 Å². The van der Waals surface area contributed by atoms with E-state index in [1.807, 2.05) is 18.0 Å². The average Bonchev–Trinajstić information content (AvgIpc) is 3.34. The summed E-state index contributed by atoms with van der Waals surface area (Å²) in [6.07, 6.45) is 6.28. The Labute approximate surface area is 190 Å². The number of ether oxygens (including phenoxy) is 2. The van der Waals surface area contributed by atoms with Crippen molar-refractivity contribution < 1.29 is 22.7 Å². The van der Waals surface area contributed by atoms with Crippen LogP contribution in [-0.2, 0) is 19.6 Å². The topological polar surface area (TPSA) is 100 Å². The van der Waals surface area contributed by atoms with Gasteiger partial charge in [0.25, 0.3) is 0 Å². The third-order valence-electron chi connectivity index (χ3n) is 6.85. The van der Waals surface area contributed by atoms with Gasteiger partial charge in [-0.25, -0.2) is 19.3 Å². The van der Waals surface area contributed by atoms with Crippen molar-refractivity contribution in [3.63, 3.8) is 0 Å². The molecule has 2 N–H and O–H groups in total. The summed E-state index contributed by atoms with van der Waals surface area (Å²) in [4.78, 5) is 15.1. The molecule has 4 rings (SSSR count). The van der Waals surface area contributed by atoms with Crippen LogP contribution < -0.4 is 15.6 Å². The minimum atomic E-state index is -3.71. The van der Waals surface area contributed by atoms with E-state index < -0.39 is 10.0 Å². The Hall–Kier alpha value is -1.72. The van der Waals surface area contributed by atoms with Gasteiger partial charge in [0.15, 0.2) is 0 Å². The van der Waals surface area contributed by atoms with Crippen molar-refractivity contribution in [2.45, 2.75) is 61.5 Å². The number of sulfonamides is 1. The van der Waals surface area contributed by atoms with Crippen molar-refractivity contribution in [1.29, 1.82) is 0 Å². The summed E-state index contributed by atoms with van der Waals surface area (Å²) in [6, 6.07) is 5.01. The third kappa shape index (κ3) is 4.79. The molecule has 0 aromatic heterocycles. The van der Waals surface area contributed by atoms with Crippen molar-refractivity contribution in [2.75, 3.05) is 40.5 Å². The minimum absolute atomic E-state index is 0.0848. The second kappa shape index (κ2) is 10.0. The number of carbonyl (C=O) groups excluding carboxylic acids is 1. The Morgan fingerprint density at radius 3 is 2.56 bits per heavy atom. The minimum Gasteiger partial charge on any atom is -0.495 e. The monoisotopic (exact) mass is 466 g/mol. The molecule has 1 aromatic carbocycles. The van der Waals surface area contributed by atoms with E-state index in [0.29, 0.717) is 44.5 Å². The molecule has 32 heavy (non-hydrogen) atoms. The largest absolute Gasteiger partial charge is 0.495 e. The van der Waals surface area contributed by atoms with Gasteiger partial charge in [-0.2, -0.15) is 4.31 Å². The second-order valence-corrected chi connectivity index (χ2v) is 10.7. The van der Waals surface area contributed by atoms with Crippen LogP contribution >= 0.6 is 0 Å². The summed E-state index contributed by atoms with van der Waals surface area (Å²) in [5, 5.41) is 0. The van der Waals surface area contributed by atoms with Crippen LogP contribution in [-0.4, -0.2) is 76.1 Å². The average molecular weight is 467 g/mol. The van der Waals surface area contributed by atoms with Gasteiger partial charge in [0.05, 0.1) is 20.3 Å². The molecular formula is C22H34N4O5S. The van der Waals surface area contributed by atoms with Crippen molar-refractivity contribution in [2.24, 2.45) is 0 Å². The van der Waals surface area contributed by atoms with Crippen LogP contribution in [0.1, 0.15) is 50.1 Å². The van der Waals surface area contributed by atoms with Crippen LogP contribution in [0.5, 0.6) is 5.75 Å². The fourth-order valence-electron chi connectivity index (χ4n) is 4.87. The molecule has 2 saturated heterocycles. The lowest BCUT2D eigenvalue weighted by Crippen LogP contribution is -2.48. The highest BCUT2D eigenvalue weighted by Gasteiger charge is 2.36. The van der Waals surface area contributed by atoms with Gasteiger partial charge in [-0.3, -0.25) is 4.79 Å². The molecule has 1 aliphatic carbocycles. The van der Waals surface area contributed by atoms with Gasteiger partial charge in [-0.15, -0.1) is 0 Å². The lowest BCUT2D eigenvalue weighted by atomic mass is 9.93. The summed E-state index contributed by atoms with van der Waals surface area (Å²) in [7, 11) is -0.342. The van der Waals surface area contributed by atoms with E-state index in [2.05, 4.69) is 10.9 Å². The lowest BCUT2D eigenvalue weighted by Gasteiger charge is -2.32. The Kier molecular flexibility index (Phi) is 7.36. The van der Waals surface area contributed by atoms with E-state index in [0.717, 1.165) is 18.4 Å². The molecule has 0 spiro atoms. The standard InChI is InChI=1S/C22H34N4O5S/c1-25(17-6-4-3-5-7-17)22(27)19-15-18(23-24-19)16-8-9-20(30-2)21(14-16)32(28,29)26-10-12-31-13-11-26/h8-9,14,17-19,23-24H,3-7,10-13,15H2,1-2H3. The third-order valence-corrected chi connectivity index (χ3v) is 8.77. The molecule has 2 aliphatic heterocycles. The number of hydrazine groups is 1. The van der Waals surface area contributed by atoms with Crippen LogP contribution in [0.4, 0.5) is 0 Å². The molecule has 3 aliphatic rings. The highest BCUT2D eigenvalue weighted by atomic mass is 32.2. The first-order chi connectivity index (χ1) is 15.4. The van der Waals surface area contributed by atoms with Crippen LogP contribution in [0, 0.1) is 0 Å². The summed E-state index contributed by atoms with van der Waals surface area (Å²) in [5.74, 6) is 0.400. The quantitative estimate of drug-likeness (QED) is 0.654. The summed E-state index contributed by atoms with van der Waals surface area (Å²) in [6.45, 7) is 1.41. The molecule has 0 bridgehead atoms. The van der Waals surface area contributed by atoms with Gasteiger partial charge in [-0.05, 0) is 37.0 Å². The van der Waals surface area contributed by atoms with Gasteiger partial charge in [-0.1, -0.05) is 25.3 Å². The maximum Gasteiger partial charge on any atom is 0.246 e. The molecule has 0 radical (unpaired) electrons. The molecule has 1 saturated carbocycles. The predicted molar refractivity (Wildman–Crippen MR) is 120 cm³/mol. The Morgan fingerprint density at radius 2 is 1.88 bits per heavy atom. The molecule has 2 atom stereocenters.